The number of nitrogens with zero attached hydrogens (tertiary/aromatic N) is 2. The third-order valence-electron chi connectivity index (χ3n) is 5.87. The minimum atomic E-state index is -1.96. The zero-order chi connectivity index (χ0) is 24.6. The molecule has 0 saturated heterocycles. The number of aromatic nitrogens is 2. The number of para-hydroxylation sites is 1. The van der Waals surface area contributed by atoms with Crippen LogP contribution in [-0.2, 0) is 21.7 Å². The van der Waals surface area contributed by atoms with Gasteiger partial charge in [-0.3, -0.25) is 0 Å². The second-order valence-corrected chi connectivity index (χ2v) is 9.06. The zero-order valence-corrected chi connectivity index (χ0v) is 20.3. The summed E-state index contributed by atoms with van der Waals surface area (Å²) in [5, 5.41) is 11.9. The number of carbonyl (C=O) groups is 1. The molecular weight excluding hydrogens is 464 g/mol. The lowest BCUT2D eigenvalue weighted by Gasteiger charge is -2.26. The van der Waals surface area contributed by atoms with E-state index in [1.54, 1.807) is 43.5 Å². The maximum absolute atomic E-state index is 13.3. The van der Waals surface area contributed by atoms with Gasteiger partial charge in [-0.15, -0.1) is 0 Å². The number of carbonyl (C=O) groups excluding carboxylic acids is 1. The monoisotopic (exact) mass is 488 g/mol. The molecule has 1 N–H and O–H groups in total. The van der Waals surface area contributed by atoms with E-state index in [-0.39, 0.29) is 12.5 Å². The number of aliphatic hydroxyl groups is 1. The summed E-state index contributed by atoms with van der Waals surface area (Å²) in [5.74, 6) is -1.25. The van der Waals surface area contributed by atoms with Crippen LogP contribution in [0.15, 0.2) is 72.3 Å². The smallest absolute Gasteiger partial charge is 0.342 e. The third kappa shape index (κ3) is 4.26. The van der Waals surface area contributed by atoms with Crippen molar-refractivity contribution in [3.05, 3.63) is 89.0 Å². The first-order valence-corrected chi connectivity index (χ1v) is 11.9. The third-order valence-corrected chi connectivity index (χ3v) is 6.43. The summed E-state index contributed by atoms with van der Waals surface area (Å²) in [6.07, 6.45) is 0.245. The van der Waals surface area contributed by atoms with E-state index >= 15 is 0 Å². The van der Waals surface area contributed by atoms with Crippen LogP contribution in [0, 0.1) is 0 Å². The lowest BCUT2D eigenvalue weighted by molar-refractivity contribution is -0.185. The van der Waals surface area contributed by atoms with Crippen molar-refractivity contribution in [1.29, 1.82) is 0 Å². The highest BCUT2D eigenvalue weighted by Gasteiger charge is 2.48. The van der Waals surface area contributed by atoms with Gasteiger partial charge in [0.2, 0.25) is 0 Å². The molecule has 1 aromatic heterocycles. The fraction of sp³-hybridized carbons (Fsp3) is 0.222. The van der Waals surface area contributed by atoms with E-state index in [1.807, 2.05) is 44.2 Å². The van der Waals surface area contributed by atoms with Crippen molar-refractivity contribution in [2.75, 3.05) is 7.11 Å². The Morgan fingerprint density at radius 1 is 1.03 bits per heavy atom. The van der Waals surface area contributed by atoms with Crippen LogP contribution in [-0.4, -0.2) is 33.0 Å². The van der Waals surface area contributed by atoms with Crippen LogP contribution in [0.1, 0.15) is 30.5 Å². The van der Waals surface area contributed by atoms with Gasteiger partial charge < -0.3 is 19.3 Å². The number of hydrogen-bond donors (Lipinski definition) is 1. The van der Waals surface area contributed by atoms with Gasteiger partial charge in [0.25, 0.3) is 5.79 Å². The summed E-state index contributed by atoms with van der Waals surface area (Å²) in [6, 6.07) is 19.8. The van der Waals surface area contributed by atoms with Crippen molar-refractivity contribution >= 4 is 34.3 Å². The van der Waals surface area contributed by atoms with Gasteiger partial charge >= 0.3 is 5.97 Å². The lowest BCUT2D eigenvalue weighted by atomic mass is 9.87. The first-order chi connectivity index (χ1) is 16.9. The molecule has 0 spiro atoms. The van der Waals surface area contributed by atoms with Gasteiger partial charge in [0.1, 0.15) is 22.5 Å². The van der Waals surface area contributed by atoms with Crippen LogP contribution in [0.2, 0.25) is 0 Å². The van der Waals surface area contributed by atoms with Crippen LogP contribution >= 0.6 is 11.7 Å². The van der Waals surface area contributed by atoms with Crippen LogP contribution in [0.4, 0.5) is 0 Å². The van der Waals surface area contributed by atoms with Gasteiger partial charge in [-0.2, -0.15) is 8.75 Å². The number of cyclic esters (lactones) is 1. The van der Waals surface area contributed by atoms with Gasteiger partial charge in [-0.05, 0) is 67.4 Å². The van der Waals surface area contributed by atoms with Crippen molar-refractivity contribution < 1.29 is 24.1 Å². The molecule has 0 radical (unpaired) electrons. The van der Waals surface area contributed by atoms with Gasteiger partial charge in [0, 0.05) is 17.6 Å². The summed E-state index contributed by atoms with van der Waals surface area (Å²) < 4.78 is 25.5. The van der Waals surface area contributed by atoms with E-state index in [2.05, 4.69) is 8.75 Å². The fourth-order valence-corrected chi connectivity index (χ4v) is 4.80. The van der Waals surface area contributed by atoms with E-state index in [0.717, 1.165) is 22.8 Å². The number of benzene rings is 3. The quantitative estimate of drug-likeness (QED) is 0.371. The number of esters is 1. The first-order valence-electron chi connectivity index (χ1n) is 11.2. The van der Waals surface area contributed by atoms with Gasteiger partial charge in [-0.25, -0.2) is 4.79 Å². The van der Waals surface area contributed by atoms with E-state index < -0.39 is 11.8 Å². The Kier molecular flexibility index (Phi) is 6.00. The minimum absolute atomic E-state index is 0.0102. The average molecular weight is 489 g/mol. The molecule has 8 heteroatoms. The number of ether oxygens (including phenoxy) is 3. The Bertz CT molecular complexity index is 1430. The second kappa shape index (κ2) is 9.13. The molecule has 0 bridgehead atoms. The van der Waals surface area contributed by atoms with E-state index in [9.17, 15) is 9.90 Å². The standard InChI is InChI=1S/C27H24N2O5S/c1-16(2)33-20-11-9-19(10-12-20)27(31)21(14-17-6-4-5-7-24(17)32-3)25(26(30)34-27)18-8-13-22-23(15-18)29-35-28-22/h4-13,15-16,31H,14H2,1-3H3. The molecule has 5 rings (SSSR count). The molecule has 2 heterocycles. The van der Waals surface area contributed by atoms with Crippen molar-refractivity contribution in [2.24, 2.45) is 0 Å². The molecule has 4 aromatic rings. The summed E-state index contributed by atoms with van der Waals surface area (Å²) in [6.45, 7) is 3.88. The highest BCUT2D eigenvalue weighted by atomic mass is 32.1. The van der Waals surface area contributed by atoms with Crippen LogP contribution in [0.5, 0.6) is 11.5 Å². The number of methoxy groups -OCH3 is 1. The fourth-order valence-electron chi connectivity index (χ4n) is 4.28. The Morgan fingerprint density at radius 2 is 1.77 bits per heavy atom. The van der Waals surface area contributed by atoms with Gasteiger partial charge in [0.05, 0.1) is 30.5 Å². The van der Waals surface area contributed by atoms with Gasteiger partial charge in [-0.1, -0.05) is 24.3 Å². The lowest BCUT2D eigenvalue weighted by Crippen LogP contribution is -2.29. The molecule has 0 saturated carbocycles. The molecule has 0 fully saturated rings. The summed E-state index contributed by atoms with van der Waals surface area (Å²) in [7, 11) is 1.59. The maximum Gasteiger partial charge on any atom is 0.342 e. The van der Waals surface area contributed by atoms with Crippen LogP contribution in [0.25, 0.3) is 16.6 Å². The predicted octanol–water partition coefficient (Wildman–Crippen LogP) is 4.89. The summed E-state index contributed by atoms with van der Waals surface area (Å²) in [4.78, 5) is 13.3. The summed E-state index contributed by atoms with van der Waals surface area (Å²) in [5.41, 5.74) is 4.00. The molecule has 1 unspecified atom stereocenters. The number of fused-ring (bicyclic) bond motifs is 1. The Morgan fingerprint density at radius 3 is 2.51 bits per heavy atom. The van der Waals surface area contributed by atoms with Gasteiger partial charge in [0.15, 0.2) is 0 Å². The molecule has 1 aliphatic rings. The largest absolute Gasteiger partial charge is 0.496 e. The van der Waals surface area contributed by atoms with Crippen molar-refractivity contribution in [2.45, 2.75) is 32.2 Å². The molecule has 178 valence electrons. The topological polar surface area (TPSA) is 90.8 Å². The van der Waals surface area contributed by atoms with E-state index in [0.29, 0.717) is 39.3 Å². The zero-order valence-electron chi connectivity index (χ0n) is 19.5. The van der Waals surface area contributed by atoms with E-state index in [1.165, 1.54) is 0 Å². The van der Waals surface area contributed by atoms with E-state index in [4.69, 9.17) is 14.2 Å². The Labute approximate surface area is 206 Å². The Balaban J connectivity index is 1.66. The number of hydrogen-bond acceptors (Lipinski definition) is 8. The molecule has 7 nitrogen and oxygen atoms in total. The molecular formula is C27H24N2O5S. The molecule has 1 atom stereocenters. The highest BCUT2D eigenvalue weighted by molar-refractivity contribution is 7.00. The average Bonchev–Trinajstić information content (AvgIpc) is 3.41. The van der Waals surface area contributed by atoms with Crippen LogP contribution in [0.3, 0.4) is 0 Å². The number of rotatable bonds is 7. The predicted molar refractivity (Wildman–Crippen MR) is 133 cm³/mol. The van der Waals surface area contributed by atoms with Crippen molar-refractivity contribution in [3.63, 3.8) is 0 Å². The molecule has 0 amide bonds. The minimum Gasteiger partial charge on any atom is -0.496 e. The molecule has 35 heavy (non-hydrogen) atoms. The maximum atomic E-state index is 13.3. The van der Waals surface area contributed by atoms with Crippen LogP contribution < -0.4 is 9.47 Å². The Hall–Kier alpha value is -3.75. The SMILES string of the molecule is COc1ccccc1CC1=C(c2ccc3nsnc3c2)C(=O)OC1(O)c1ccc(OC(C)C)cc1. The molecule has 3 aromatic carbocycles. The summed E-state index contributed by atoms with van der Waals surface area (Å²) >= 11 is 1.11. The molecule has 0 aliphatic carbocycles. The van der Waals surface area contributed by atoms with Crippen molar-refractivity contribution in [3.8, 4) is 11.5 Å². The second-order valence-electron chi connectivity index (χ2n) is 8.53. The first kappa shape index (κ1) is 23.0. The highest BCUT2D eigenvalue weighted by Crippen LogP contribution is 2.46. The van der Waals surface area contributed by atoms with Crippen molar-refractivity contribution in [1.82, 2.24) is 8.75 Å². The normalized spacial score (nSPS) is 17.8. The molecule has 1 aliphatic heterocycles.